The molecule has 6 nitrogen and oxygen atoms in total. The van der Waals surface area contributed by atoms with Gasteiger partial charge in [0.15, 0.2) is 0 Å². The van der Waals surface area contributed by atoms with Crippen LogP contribution in [0.4, 0.5) is 5.82 Å². The Morgan fingerprint density at radius 3 is 2.28 bits per heavy atom. The molecule has 4 rings (SSSR count). The first kappa shape index (κ1) is 19.2. The van der Waals surface area contributed by atoms with Crippen molar-refractivity contribution < 1.29 is 9.59 Å². The second-order valence-electron chi connectivity index (χ2n) is 7.53. The molecule has 1 fully saturated rings. The number of anilines is 1. The van der Waals surface area contributed by atoms with Crippen LogP contribution < -0.4 is 5.32 Å². The van der Waals surface area contributed by atoms with Crippen LogP contribution in [0, 0.1) is 6.92 Å². The first-order chi connectivity index (χ1) is 14.0. The minimum absolute atomic E-state index is 0.0261. The standard InChI is InChI=1S/C23H26N4O2/c1-17-19-10-6-7-11-20(19)25(2)22(17)24-21(28)16-26-12-14-27(15-13-26)23(29)18-8-4-3-5-9-18/h3-11H,12-16H2,1-2H3,(H,24,28). The highest BCUT2D eigenvalue weighted by Crippen LogP contribution is 2.28. The van der Waals surface area contributed by atoms with E-state index in [1.54, 1.807) is 0 Å². The second kappa shape index (κ2) is 8.09. The van der Waals surface area contributed by atoms with E-state index in [0.29, 0.717) is 38.3 Å². The van der Waals surface area contributed by atoms with Gasteiger partial charge in [-0.1, -0.05) is 36.4 Å². The van der Waals surface area contributed by atoms with Crippen LogP contribution in [-0.2, 0) is 11.8 Å². The van der Waals surface area contributed by atoms with E-state index in [2.05, 4.69) is 22.3 Å². The molecule has 0 saturated carbocycles. The van der Waals surface area contributed by atoms with Crippen molar-refractivity contribution in [3.05, 3.63) is 65.7 Å². The summed E-state index contributed by atoms with van der Waals surface area (Å²) in [5.74, 6) is 0.872. The van der Waals surface area contributed by atoms with Crippen LogP contribution in [0.5, 0.6) is 0 Å². The molecule has 2 heterocycles. The Morgan fingerprint density at radius 1 is 0.931 bits per heavy atom. The number of carbonyl (C=O) groups excluding carboxylic acids is 2. The highest BCUT2D eigenvalue weighted by Gasteiger charge is 2.23. The summed E-state index contributed by atoms with van der Waals surface area (Å²) in [7, 11) is 1.97. The van der Waals surface area contributed by atoms with Crippen LogP contribution >= 0.6 is 0 Å². The molecule has 0 unspecified atom stereocenters. The van der Waals surface area contributed by atoms with E-state index in [0.717, 1.165) is 22.3 Å². The topological polar surface area (TPSA) is 57.6 Å². The van der Waals surface area contributed by atoms with Gasteiger partial charge in [0.2, 0.25) is 5.91 Å². The molecule has 0 aliphatic carbocycles. The number of hydrogen-bond donors (Lipinski definition) is 1. The fraction of sp³-hybridized carbons (Fsp3) is 0.304. The predicted octanol–water partition coefficient (Wildman–Crippen LogP) is 2.88. The summed E-state index contributed by atoms with van der Waals surface area (Å²) in [6, 6.07) is 17.5. The van der Waals surface area contributed by atoms with Crippen molar-refractivity contribution in [1.82, 2.24) is 14.4 Å². The smallest absolute Gasteiger partial charge is 0.253 e. The zero-order valence-electron chi connectivity index (χ0n) is 16.9. The van der Waals surface area contributed by atoms with Crippen molar-refractivity contribution in [1.29, 1.82) is 0 Å². The third kappa shape index (κ3) is 3.89. The lowest BCUT2D eigenvalue weighted by atomic mass is 10.2. The van der Waals surface area contributed by atoms with Gasteiger partial charge in [0, 0.05) is 49.7 Å². The summed E-state index contributed by atoms with van der Waals surface area (Å²) in [5, 5.41) is 4.23. The molecule has 3 aromatic rings. The lowest BCUT2D eigenvalue weighted by Crippen LogP contribution is -2.50. The number of rotatable bonds is 4. The zero-order valence-corrected chi connectivity index (χ0v) is 16.9. The third-order valence-corrected chi connectivity index (χ3v) is 5.67. The predicted molar refractivity (Wildman–Crippen MR) is 115 cm³/mol. The van der Waals surface area contributed by atoms with Gasteiger partial charge >= 0.3 is 0 Å². The van der Waals surface area contributed by atoms with Gasteiger partial charge in [-0.2, -0.15) is 0 Å². The normalized spacial score (nSPS) is 14.9. The maximum absolute atomic E-state index is 12.7. The zero-order chi connectivity index (χ0) is 20.4. The van der Waals surface area contributed by atoms with Gasteiger partial charge in [0.05, 0.1) is 6.54 Å². The van der Waals surface area contributed by atoms with Crippen molar-refractivity contribution in [3.8, 4) is 0 Å². The monoisotopic (exact) mass is 390 g/mol. The number of nitrogens with zero attached hydrogens (tertiary/aromatic N) is 3. The molecule has 150 valence electrons. The van der Waals surface area contributed by atoms with E-state index < -0.39 is 0 Å². The Kier molecular flexibility index (Phi) is 5.36. The first-order valence-corrected chi connectivity index (χ1v) is 9.95. The van der Waals surface area contributed by atoms with Crippen molar-refractivity contribution in [2.75, 3.05) is 38.0 Å². The maximum atomic E-state index is 12.7. The van der Waals surface area contributed by atoms with Crippen LogP contribution in [0.2, 0.25) is 0 Å². The number of piperazine rings is 1. The highest BCUT2D eigenvalue weighted by molar-refractivity contribution is 5.98. The highest BCUT2D eigenvalue weighted by atomic mass is 16.2. The first-order valence-electron chi connectivity index (χ1n) is 9.95. The van der Waals surface area contributed by atoms with Gasteiger partial charge in [0.1, 0.15) is 5.82 Å². The Bertz CT molecular complexity index is 995. The number of carbonyl (C=O) groups is 2. The summed E-state index contributed by atoms with van der Waals surface area (Å²) in [5.41, 5.74) is 2.90. The van der Waals surface area contributed by atoms with Crippen LogP contribution in [-0.4, -0.2) is 58.9 Å². The van der Waals surface area contributed by atoms with Gasteiger partial charge in [-0.3, -0.25) is 14.5 Å². The van der Waals surface area contributed by atoms with Gasteiger partial charge < -0.3 is 14.8 Å². The fourth-order valence-corrected chi connectivity index (χ4v) is 4.01. The molecule has 1 aliphatic heterocycles. The lowest BCUT2D eigenvalue weighted by molar-refractivity contribution is -0.117. The Morgan fingerprint density at radius 2 is 1.59 bits per heavy atom. The largest absolute Gasteiger partial charge is 0.336 e. The van der Waals surface area contributed by atoms with Gasteiger partial charge in [-0.25, -0.2) is 0 Å². The number of nitrogens with one attached hydrogen (secondary N) is 1. The van der Waals surface area contributed by atoms with Gasteiger partial charge in [-0.05, 0) is 30.7 Å². The molecule has 0 atom stereocenters. The number of fused-ring (bicyclic) bond motifs is 1. The van der Waals surface area contributed by atoms with E-state index in [1.165, 1.54) is 0 Å². The van der Waals surface area contributed by atoms with Crippen LogP contribution in [0.25, 0.3) is 10.9 Å². The van der Waals surface area contributed by atoms with Crippen molar-refractivity contribution in [2.45, 2.75) is 6.92 Å². The van der Waals surface area contributed by atoms with E-state index in [-0.39, 0.29) is 11.8 Å². The minimum Gasteiger partial charge on any atom is -0.336 e. The molecule has 1 aliphatic rings. The summed E-state index contributed by atoms with van der Waals surface area (Å²) in [4.78, 5) is 29.2. The SMILES string of the molecule is Cc1c(NC(=O)CN2CCN(C(=O)c3ccccc3)CC2)n(C)c2ccccc12. The van der Waals surface area contributed by atoms with Crippen molar-refractivity contribution in [2.24, 2.45) is 7.05 Å². The summed E-state index contributed by atoms with van der Waals surface area (Å²) in [6.45, 7) is 5.02. The number of aryl methyl sites for hydroxylation is 2. The van der Waals surface area contributed by atoms with Crippen LogP contribution in [0.15, 0.2) is 54.6 Å². The molecule has 0 radical (unpaired) electrons. The average molecular weight is 390 g/mol. The molecule has 29 heavy (non-hydrogen) atoms. The quantitative estimate of drug-likeness (QED) is 0.745. The number of hydrogen-bond acceptors (Lipinski definition) is 3. The molecule has 1 N–H and O–H groups in total. The van der Waals surface area contributed by atoms with Crippen LogP contribution in [0.1, 0.15) is 15.9 Å². The molecule has 6 heteroatoms. The van der Waals surface area contributed by atoms with Crippen LogP contribution in [0.3, 0.4) is 0 Å². The minimum atomic E-state index is -0.0261. The van der Waals surface area contributed by atoms with Crippen molar-refractivity contribution in [3.63, 3.8) is 0 Å². The number of aromatic nitrogens is 1. The molecule has 2 amide bonds. The third-order valence-electron chi connectivity index (χ3n) is 5.67. The molecular formula is C23H26N4O2. The number of benzene rings is 2. The van der Waals surface area contributed by atoms with Gasteiger partial charge in [0.25, 0.3) is 5.91 Å². The van der Waals surface area contributed by atoms with Gasteiger partial charge in [-0.15, -0.1) is 0 Å². The fourth-order valence-electron chi connectivity index (χ4n) is 4.01. The molecule has 1 aromatic heterocycles. The summed E-state index contributed by atoms with van der Waals surface area (Å²) < 4.78 is 2.03. The Labute approximate surface area is 170 Å². The number of para-hydroxylation sites is 1. The van der Waals surface area contributed by atoms with Crippen molar-refractivity contribution >= 4 is 28.5 Å². The Hall–Kier alpha value is -3.12. The average Bonchev–Trinajstić information content (AvgIpc) is 2.99. The summed E-state index contributed by atoms with van der Waals surface area (Å²) >= 11 is 0. The second-order valence-corrected chi connectivity index (χ2v) is 7.53. The molecule has 0 spiro atoms. The Balaban J connectivity index is 1.34. The number of amides is 2. The summed E-state index contributed by atoms with van der Waals surface area (Å²) in [6.07, 6.45) is 0. The van der Waals surface area contributed by atoms with E-state index in [9.17, 15) is 9.59 Å². The van der Waals surface area contributed by atoms with E-state index in [4.69, 9.17) is 0 Å². The lowest BCUT2D eigenvalue weighted by Gasteiger charge is -2.34. The molecule has 0 bridgehead atoms. The van der Waals surface area contributed by atoms with E-state index >= 15 is 0 Å². The maximum Gasteiger partial charge on any atom is 0.253 e. The molecule has 1 saturated heterocycles. The van der Waals surface area contributed by atoms with E-state index in [1.807, 2.05) is 65.9 Å². The molecular weight excluding hydrogens is 364 g/mol. The molecule has 2 aromatic carbocycles.